The van der Waals surface area contributed by atoms with Gasteiger partial charge in [0.25, 0.3) is 0 Å². The summed E-state index contributed by atoms with van der Waals surface area (Å²) in [5.74, 6) is 0.584. The Labute approximate surface area is 114 Å². The number of rotatable bonds is 6. The summed E-state index contributed by atoms with van der Waals surface area (Å²) >= 11 is 0. The SMILES string of the molecule is OCc1ccc(CC2CCN(C(CO)CO)C2)cc1. The lowest BCUT2D eigenvalue weighted by Gasteiger charge is -2.24. The average molecular weight is 265 g/mol. The fourth-order valence-corrected chi connectivity index (χ4v) is 2.76. The summed E-state index contributed by atoms with van der Waals surface area (Å²) in [7, 11) is 0. The van der Waals surface area contributed by atoms with Gasteiger partial charge in [-0.25, -0.2) is 0 Å². The molecule has 0 radical (unpaired) electrons. The summed E-state index contributed by atoms with van der Waals surface area (Å²) in [4.78, 5) is 2.17. The van der Waals surface area contributed by atoms with E-state index in [1.807, 2.05) is 12.1 Å². The van der Waals surface area contributed by atoms with Crippen molar-refractivity contribution in [3.05, 3.63) is 35.4 Å². The molecule has 1 heterocycles. The maximum atomic E-state index is 9.19. The third-order valence-corrected chi connectivity index (χ3v) is 3.99. The predicted octanol–water partition coefficient (Wildman–Crippen LogP) is 0.396. The maximum absolute atomic E-state index is 9.19. The highest BCUT2D eigenvalue weighted by molar-refractivity contribution is 5.22. The van der Waals surface area contributed by atoms with E-state index in [-0.39, 0.29) is 25.9 Å². The Morgan fingerprint density at radius 1 is 1.05 bits per heavy atom. The van der Waals surface area contributed by atoms with Gasteiger partial charge in [0.15, 0.2) is 0 Å². The first kappa shape index (κ1) is 14.5. The molecule has 19 heavy (non-hydrogen) atoms. The molecule has 4 heteroatoms. The van der Waals surface area contributed by atoms with Crippen molar-refractivity contribution >= 4 is 0 Å². The minimum atomic E-state index is -0.109. The third-order valence-electron chi connectivity index (χ3n) is 3.99. The smallest absolute Gasteiger partial charge is 0.0681 e. The summed E-state index contributed by atoms with van der Waals surface area (Å²) in [6.45, 7) is 2.02. The maximum Gasteiger partial charge on any atom is 0.0681 e. The number of likely N-dealkylation sites (tertiary alicyclic amines) is 1. The molecule has 1 atom stereocenters. The number of nitrogens with zero attached hydrogens (tertiary/aromatic N) is 1. The largest absolute Gasteiger partial charge is 0.395 e. The fraction of sp³-hybridized carbons (Fsp3) is 0.600. The molecule has 0 bridgehead atoms. The van der Waals surface area contributed by atoms with Crippen molar-refractivity contribution in [3.63, 3.8) is 0 Å². The molecule has 1 unspecified atom stereocenters. The molecule has 1 fully saturated rings. The van der Waals surface area contributed by atoms with Crippen LogP contribution in [0, 0.1) is 5.92 Å². The van der Waals surface area contributed by atoms with Crippen LogP contribution in [0.4, 0.5) is 0 Å². The van der Waals surface area contributed by atoms with E-state index in [1.54, 1.807) is 0 Å². The Bertz CT molecular complexity index is 375. The first-order valence-electron chi connectivity index (χ1n) is 6.91. The van der Waals surface area contributed by atoms with Gasteiger partial charge in [0.05, 0.1) is 25.9 Å². The molecule has 0 aliphatic carbocycles. The highest BCUT2D eigenvalue weighted by Gasteiger charge is 2.27. The summed E-state index contributed by atoms with van der Waals surface area (Å²) in [6.07, 6.45) is 2.13. The first-order valence-corrected chi connectivity index (χ1v) is 6.91. The van der Waals surface area contributed by atoms with Gasteiger partial charge in [0.1, 0.15) is 0 Å². The van der Waals surface area contributed by atoms with Gasteiger partial charge in [-0.15, -0.1) is 0 Å². The lowest BCUT2D eigenvalue weighted by Crippen LogP contribution is -2.39. The third kappa shape index (κ3) is 3.76. The van der Waals surface area contributed by atoms with E-state index in [9.17, 15) is 10.2 Å². The van der Waals surface area contributed by atoms with Crippen LogP contribution < -0.4 is 0 Å². The average Bonchev–Trinajstić information content (AvgIpc) is 2.89. The molecule has 1 saturated heterocycles. The highest BCUT2D eigenvalue weighted by Crippen LogP contribution is 2.22. The van der Waals surface area contributed by atoms with Crippen molar-refractivity contribution in [3.8, 4) is 0 Å². The van der Waals surface area contributed by atoms with Gasteiger partial charge < -0.3 is 15.3 Å². The molecule has 0 amide bonds. The molecule has 0 aromatic heterocycles. The topological polar surface area (TPSA) is 63.9 Å². The number of aliphatic hydroxyl groups excluding tert-OH is 3. The van der Waals surface area contributed by atoms with E-state index in [0.717, 1.165) is 31.5 Å². The molecule has 106 valence electrons. The Balaban J connectivity index is 1.87. The van der Waals surface area contributed by atoms with Crippen LogP contribution in [0.1, 0.15) is 17.5 Å². The molecule has 1 aromatic rings. The zero-order valence-electron chi connectivity index (χ0n) is 11.2. The van der Waals surface area contributed by atoms with Crippen LogP contribution in [0.2, 0.25) is 0 Å². The Kier molecular flexibility index (Phi) is 5.34. The number of hydrogen-bond donors (Lipinski definition) is 3. The van der Waals surface area contributed by atoms with Crippen molar-refractivity contribution in [2.24, 2.45) is 5.92 Å². The summed E-state index contributed by atoms with van der Waals surface area (Å²) in [5, 5.41) is 27.4. The zero-order chi connectivity index (χ0) is 13.7. The van der Waals surface area contributed by atoms with Crippen molar-refractivity contribution in [2.45, 2.75) is 25.5 Å². The number of hydrogen-bond acceptors (Lipinski definition) is 4. The van der Waals surface area contributed by atoms with Crippen LogP contribution in [-0.2, 0) is 13.0 Å². The summed E-state index contributed by atoms with van der Waals surface area (Å²) in [6, 6.07) is 7.97. The zero-order valence-corrected chi connectivity index (χ0v) is 11.2. The van der Waals surface area contributed by atoms with Gasteiger partial charge in [0.2, 0.25) is 0 Å². The van der Waals surface area contributed by atoms with Crippen molar-refractivity contribution in [2.75, 3.05) is 26.3 Å². The lowest BCUT2D eigenvalue weighted by molar-refractivity contribution is 0.0880. The van der Waals surface area contributed by atoms with Gasteiger partial charge in [-0.05, 0) is 36.4 Å². The molecule has 0 saturated carbocycles. The normalized spacial score (nSPS) is 20.3. The second-order valence-electron chi connectivity index (χ2n) is 5.35. The second-order valence-corrected chi connectivity index (χ2v) is 5.35. The quantitative estimate of drug-likeness (QED) is 0.696. The molecule has 1 aliphatic heterocycles. The van der Waals surface area contributed by atoms with Gasteiger partial charge >= 0.3 is 0 Å². The second kappa shape index (κ2) is 7.01. The predicted molar refractivity (Wildman–Crippen MR) is 73.7 cm³/mol. The monoisotopic (exact) mass is 265 g/mol. The molecular formula is C15H23NO3. The minimum absolute atomic E-state index is 0.0222. The van der Waals surface area contributed by atoms with Crippen LogP contribution in [0.5, 0.6) is 0 Å². The Morgan fingerprint density at radius 2 is 1.68 bits per heavy atom. The van der Waals surface area contributed by atoms with Crippen LogP contribution in [-0.4, -0.2) is 52.6 Å². The van der Waals surface area contributed by atoms with Gasteiger partial charge in [-0.1, -0.05) is 24.3 Å². The van der Waals surface area contributed by atoms with Crippen LogP contribution >= 0.6 is 0 Å². The summed E-state index contributed by atoms with van der Waals surface area (Å²) < 4.78 is 0. The lowest BCUT2D eigenvalue weighted by atomic mass is 9.98. The van der Waals surface area contributed by atoms with E-state index in [1.165, 1.54) is 5.56 Å². The number of benzene rings is 1. The molecule has 4 nitrogen and oxygen atoms in total. The Morgan fingerprint density at radius 3 is 2.26 bits per heavy atom. The van der Waals surface area contributed by atoms with E-state index < -0.39 is 0 Å². The highest BCUT2D eigenvalue weighted by atomic mass is 16.3. The van der Waals surface area contributed by atoms with Crippen molar-refractivity contribution in [1.29, 1.82) is 0 Å². The molecule has 3 N–H and O–H groups in total. The van der Waals surface area contributed by atoms with Crippen molar-refractivity contribution < 1.29 is 15.3 Å². The van der Waals surface area contributed by atoms with E-state index in [0.29, 0.717) is 5.92 Å². The van der Waals surface area contributed by atoms with Crippen LogP contribution in [0.3, 0.4) is 0 Å². The van der Waals surface area contributed by atoms with Gasteiger partial charge in [0, 0.05) is 6.54 Å². The number of aliphatic hydroxyl groups is 3. The van der Waals surface area contributed by atoms with E-state index in [2.05, 4.69) is 17.0 Å². The first-order chi connectivity index (χ1) is 9.26. The molecule has 0 spiro atoms. The van der Waals surface area contributed by atoms with Gasteiger partial charge in [-0.3, -0.25) is 4.90 Å². The van der Waals surface area contributed by atoms with Crippen LogP contribution in [0.25, 0.3) is 0 Å². The molecule has 1 aliphatic rings. The molecular weight excluding hydrogens is 242 g/mol. The standard InChI is InChI=1S/C15H23NO3/c17-9-13-3-1-12(2-4-13)7-14-5-6-16(8-14)15(10-18)11-19/h1-4,14-15,17-19H,5-11H2. The molecule has 1 aromatic carbocycles. The van der Waals surface area contributed by atoms with Gasteiger partial charge in [-0.2, -0.15) is 0 Å². The Hall–Kier alpha value is -0.940. The summed E-state index contributed by atoms with van der Waals surface area (Å²) in [5.41, 5.74) is 2.23. The van der Waals surface area contributed by atoms with E-state index in [4.69, 9.17) is 5.11 Å². The van der Waals surface area contributed by atoms with Crippen LogP contribution in [0.15, 0.2) is 24.3 Å². The minimum Gasteiger partial charge on any atom is -0.395 e. The molecule has 2 rings (SSSR count). The fourth-order valence-electron chi connectivity index (χ4n) is 2.76. The van der Waals surface area contributed by atoms with E-state index >= 15 is 0 Å². The van der Waals surface area contributed by atoms with Crippen molar-refractivity contribution in [1.82, 2.24) is 4.90 Å².